The van der Waals surface area contributed by atoms with Crippen LogP contribution in [0.3, 0.4) is 0 Å². The van der Waals surface area contributed by atoms with Gasteiger partial charge in [0.25, 0.3) is 0 Å². The molecule has 0 nitrogen and oxygen atoms in total. The van der Waals surface area contributed by atoms with E-state index < -0.39 is 9.75 Å². The predicted molar refractivity (Wildman–Crippen MR) is 190 cm³/mol. The van der Waals surface area contributed by atoms with E-state index in [4.69, 9.17) is 23.2 Å². The molecule has 0 N–H and O–H groups in total. The summed E-state index contributed by atoms with van der Waals surface area (Å²) in [7, 11) is 0. The average molecular weight is 655 g/mol. The summed E-state index contributed by atoms with van der Waals surface area (Å²) in [4.78, 5) is -1.23. The molecule has 2 unspecified atom stereocenters. The van der Waals surface area contributed by atoms with Gasteiger partial charge in [0.1, 0.15) is 0 Å². The third-order valence-corrected chi connectivity index (χ3v) is 11.4. The number of halogens is 2. The molecule has 2 aliphatic rings. The minimum absolute atomic E-state index is 0. The third-order valence-electron chi connectivity index (χ3n) is 10.0. The van der Waals surface area contributed by atoms with Crippen molar-refractivity contribution < 1.29 is 21.7 Å². The molecule has 0 fully saturated rings. The SMILES string of the molecule is CC1=Cc2c(-c3cccc4ccccc34)cccc2C1(Cl)CCC1(Cl)C(C)=Cc2c(-c3cccc4ccccc34)cccc21.[Ti]. The maximum absolute atomic E-state index is 7.69. The largest absolute Gasteiger partial charge is 0.109 e. The van der Waals surface area contributed by atoms with E-state index in [-0.39, 0.29) is 21.7 Å². The summed E-state index contributed by atoms with van der Waals surface area (Å²) < 4.78 is 0. The first-order valence-electron chi connectivity index (χ1n) is 15.4. The Kier molecular flexibility index (Phi) is 7.70. The summed E-state index contributed by atoms with van der Waals surface area (Å²) in [5.74, 6) is 0. The second-order valence-electron chi connectivity index (χ2n) is 12.3. The molecule has 0 radical (unpaired) electrons. The third kappa shape index (κ3) is 4.69. The van der Waals surface area contributed by atoms with Gasteiger partial charge in [0.05, 0.1) is 9.75 Å². The Labute approximate surface area is 290 Å². The van der Waals surface area contributed by atoms with Crippen LogP contribution in [-0.4, -0.2) is 0 Å². The minimum Gasteiger partial charge on any atom is -0.109 e. The fourth-order valence-corrected chi connectivity index (χ4v) is 8.25. The van der Waals surface area contributed by atoms with Crippen LogP contribution in [-0.2, 0) is 31.5 Å². The van der Waals surface area contributed by atoms with Crippen molar-refractivity contribution in [3.8, 4) is 22.3 Å². The average Bonchev–Trinajstić information content (AvgIpc) is 3.47. The zero-order valence-electron chi connectivity index (χ0n) is 25.4. The van der Waals surface area contributed by atoms with Crippen LogP contribution in [0.15, 0.2) is 132 Å². The van der Waals surface area contributed by atoms with Crippen molar-refractivity contribution in [1.82, 2.24) is 0 Å². The van der Waals surface area contributed by atoms with Crippen LogP contribution in [0, 0.1) is 0 Å². The van der Waals surface area contributed by atoms with Crippen LogP contribution in [0.4, 0.5) is 0 Å². The van der Waals surface area contributed by atoms with Crippen molar-refractivity contribution in [3.05, 3.63) is 155 Å². The van der Waals surface area contributed by atoms with Gasteiger partial charge >= 0.3 is 0 Å². The molecule has 0 heterocycles. The van der Waals surface area contributed by atoms with Gasteiger partial charge in [-0.3, -0.25) is 0 Å². The monoisotopic (exact) mass is 654 g/mol. The van der Waals surface area contributed by atoms with Crippen LogP contribution in [0.5, 0.6) is 0 Å². The van der Waals surface area contributed by atoms with Gasteiger partial charge in [-0.1, -0.05) is 133 Å². The van der Waals surface area contributed by atoms with Crippen LogP contribution in [0.25, 0.3) is 56.0 Å². The van der Waals surface area contributed by atoms with Crippen molar-refractivity contribution in [2.75, 3.05) is 0 Å². The van der Waals surface area contributed by atoms with Crippen LogP contribution < -0.4 is 0 Å². The van der Waals surface area contributed by atoms with Gasteiger partial charge in [-0.2, -0.15) is 0 Å². The number of hydrogen-bond acceptors (Lipinski definition) is 0. The molecule has 0 amide bonds. The van der Waals surface area contributed by atoms with Gasteiger partial charge < -0.3 is 0 Å². The summed E-state index contributed by atoms with van der Waals surface area (Å²) in [5, 5.41) is 5.00. The van der Waals surface area contributed by atoms with Crippen molar-refractivity contribution in [1.29, 1.82) is 0 Å². The van der Waals surface area contributed by atoms with Crippen LogP contribution in [0.2, 0.25) is 0 Å². The molecule has 8 rings (SSSR count). The second kappa shape index (κ2) is 11.4. The van der Waals surface area contributed by atoms with Gasteiger partial charge in [0, 0.05) is 21.7 Å². The molecular formula is C42H32Cl2Ti. The van der Waals surface area contributed by atoms with E-state index >= 15 is 0 Å². The Morgan fingerprint density at radius 3 is 1.24 bits per heavy atom. The summed E-state index contributed by atoms with van der Waals surface area (Å²) in [6, 6.07) is 43.5. The Morgan fingerprint density at radius 1 is 0.444 bits per heavy atom. The molecule has 218 valence electrons. The summed E-state index contributed by atoms with van der Waals surface area (Å²) in [6.45, 7) is 4.34. The first kappa shape index (κ1) is 30.3. The second-order valence-corrected chi connectivity index (χ2v) is 13.6. The van der Waals surface area contributed by atoms with E-state index in [0.717, 1.165) is 12.8 Å². The Morgan fingerprint density at radius 2 is 0.800 bits per heavy atom. The predicted octanol–water partition coefficient (Wildman–Crippen LogP) is 12.5. The van der Waals surface area contributed by atoms with E-state index in [1.807, 2.05) is 0 Å². The molecule has 2 aliphatic carbocycles. The summed E-state index contributed by atoms with van der Waals surface area (Å²) in [5.41, 5.74) is 12.1. The molecule has 0 saturated heterocycles. The molecule has 45 heavy (non-hydrogen) atoms. The van der Waals surface area contributed by atoms with E-state index in [1.165, 1.54) is 77.2 Å². The van der Waals surface area contributed by atoms with Crippen molar-refractivity contribution in [2.45, 2.75) is 36.4 Å². The topological polar surface area (TPSA) is 0 Å². The zero-order valence-corrected chi connectivity index (χ0v) is 28.4. The Hall–Kier alpha value is -3.39. The summed E-state index contributed by atoms with van der Waals surface area (Å²) >= 11 is 15.4. The Bertz CT molecular complexity index is 2020. The van der Waals surface area contributed by atoms with E-state index in [9.17, 15) is 0 Å². The van der Waals surface area contributed by atoms with E-state index in [1.54, 1.807) is 0 Å². The molecule has 2 atom stereocenters. The standard InChI is InChI=1S/C42H32Cl2.Ti/c1-27-25-37-35(33-17-7-13-29-11-3-5-15-31(29)33)19-9-21-39(37)41(27,43)23-24-42(44)28(2)26-38-36(20-10-22-40(38)42)34-18-8-14-30-12-4-6-16-32(30)34;/h3-22,25-26H,23-24H2,1-2H3;. The molecule has 3 heteroatoms. The molecule has 0 bridgehead atoms. The van der Waals surface area contributed by atoms with E-state index in [2.05, 4.69) is 147 Å². The van der Waals surface area contributed by atoms with Crippen molar-refractivity contribution in [2.24, 2.45) is 0 Å². The van der Waals surface area contributed by atoms with Crippen LogP contribution in [0.1, 0.15) is 48.9 Å². The van der Waals surface area contributed by atoms with Gasteiger partial charge in [0.15, 0.2) is 0 Å². The molecule has 0 aliphatic heterocycles. The minimum atomic E-state index is -0.617. The number of fused-ring (bicyclic) bond motifs is 4. The number of benzene rings is 6. The van der Waals surface area contributed by atoms with Gasteiger partial charge in [0.2, 0.25) is 0 Å². The molecule has 6 aromatic carbocycles. The molecule has 6 aromatic rings. The number of hydrogen-bond donors (Lipinski definition) is 0. The molecule has 0 spiro atoms. The Balaban J connectivity index is 0.00000325. The van der Waals surface area contributed by atoms with Gasteiger partial charge in [-0.05, 0) is 104 Å². The van der Waals surface area contributed by atoms with Crippen LogP contribution >= 0.6 is 23.2 Å². The first-order valence-corrected chi connectivity index (χ1v) is 16.1. The maximum atomic E-state index is 7.69. The molecular weight excluding hydrogens is 623 g/mol. The fourth-order valence-electron chi connectivity index (χ4n) is 7.62. The quantitative estimate of drug-likeness (QED) is 0.128. The number of alkyl halides is 2. The first-order chi connectivity index (χ1) is 21.4. The molecule has 0 aromatic heterocycles. The van der Waals surface area contributed by atoms with Crippen molar-refractivity contribution in [3.63, 3.8) is 0 Å². The molecule has 0 saturated carbocycles. The number of allylic oxidation sites excluding steroid dienone is 2. The maximum Gasteiger partial charge on any atom is 0.0911 e. The van der Waals surface area contributed by atoms with Gasteiger partial charge in [-0.25, -0.2) is 0 Å². The fraction of sp³-hybridized carbons (Fsp3) is 0.143. The van der Waals surface area contributed by atoms with Crippen molar-refractivity contribution >= 4 is 56.9 Å². The normalized spacial score (nSPS) is 20.0. The number of rotatable bonds is 5. The van der Waals surface area contributed by atoms with E-state index in [0.29, 0.717) is 0 Å². The van der Waals surface area contributed by atoms with Gasteiger partial charge in [-0.15, -0.1) is 23.2 Å². The smallest absolute Gasteiger partial charge is 0.0911 e. The zero-order chi connectivity index (χ0) is 30.1. The summed E-state index contributed by atoms with van der Waals surface area (Å²) in [6.07, 6.45) is 6.06.